The molecule has 0 saturated carbocycles. The van der Waals surface area contributed by atoms with Crippen LogP contribution in [0.4, 0.5) is 0 Å². The van der Waals surface area contributed by atoms with Crippen LogP contribution in [0.25, 0.3) is 11.1 Å². The fourth-order valence-corrected chi connectivity index (χ4v) is 4.70. The monoisotopic (exact) mass is 446 g/mol. The van der Waals surface area contributed by atoms with Crippen LogP contribution in [0.3, 0.4) is 0 Å². The molecule has 0 bridgehead atoms. The number of benzene rings is 3. The van der Waals surface area contributed by atoms with Gasteiger partial charge in [-0.25, -0.2) is 4.79 Å². The first kappa shape index (κ1) is 20.9. The second-order valence-corrected chi connectivity index (χ2v) is 8.12. The lowest BCUT2D eigenvalue weighted by molar-refractivity contribution is 0.0154. The molecule has 0 aliphatic heterocycles. The number of ketones is 2. The number of aromatic hydroxyl groups is 2. The number of hydrogen-bond acceptors (Lipinski definition) is 7. The number of carbonyl (C=O) groups excluding carboxylic acids is 2. The van der Waals surface area contributed by atoms with Gasteiger partial charge >= 0.3 is 5.97 Å². The van der Waals surface area contributed by atoms with Crippen LogP contribution in [0.5, 0.6) is 11.5 Å². The lowest BCUT2D eigenvalue weighted by Gasteiger charge is -2.32. The first-order valence-electron chi connectivity index (χ1n) is 10.2. The molecule has 3 aromatic carbocycles. The number of phenols is 2. The molecule has 0 aromatic heterocycles. The second-order valence-electron chi connectivity index (χ2n) is 8.12. The fourth-order valence-electron chi connectivity index (χ4n) is 4.70. The largest absolute Gasteiger partial charge is 0.506 e. The van der Waals surface area contributed by atoms with Crippen LogP contribution < -0.4 is 0 Å². The Morgan fingerprint density at radius 1 is 0.788 bits per heavy atom. The van der Waals surface area contributed by atoms with Gasteiger partial charge in [-0.2, -0.15) is 0 Å². The number of carbonyl (C=O) groups is 3. The molecule has 2 atom stereocenters. The van der Waals surface area contributed by atoms with Gasteiger partial charge in [0.2, 0.25) is 0 Å². The molecule has 0 unspecified atom stereocenters. The molecule has 166 valence electrons. The van der Waals surface area contributed by atoms with Crippen molar-refractivity contribution in [3.8, 4) is 22.6 Å². The van der Waals surface area contributed by atoms with Crippen LogP contribution in [-0.2, 0) is 6.42 Å². The highest BCUT2D eigenvalue weighted by Crippen LogP contribution is 2.54. The van der Waals surface area contributed by atoms with Crippen molar-refractivity contribution in [1.82, 2.24) is 0 Å². The molecular formula is C25H18O8. The quantitative estimate of drug-likeness (QED) is 0.315. The number of aliphatic hydroxyl groups is 2. The third-order valence-corrected chi connectivity index (χ3v) is 6.41. The summed E-state index contributed by atoms with van der Waals surface area (Å²) in [4.78, 5) is 38.1. The highest BCUT2D eigenvalue weighted by atomic mass is 16.4. The zero-order valence-corrected chi connectivity index (χ0v) is 17.3. The first-order chi connectivity index (χ1) is 15.7. The number of carboxylic acids is 1. The molecule has 0 fully saturated rings. The van der Waals surface area contributed by atoms with E-state index in [4.69, 9.17) is 0 Å². The summed E-state index contributed by atoms with van der Waals surface area (Å²) in [5, 5.41) is 52.6. The average Bonchev–Trinajstić information content (AvgIpc) is 2.80. The van der Waals surface area contributed by atoms with E-state index in [0.29, 0.717) is 6.42 Å². The van der Waals surface area contributed by atoms with Gasteiger partial charge in [-0.15, -0.1) is 0 Å². The number of aryl methyl sites for hydroxylation is 1. The third-order valence-electron chi connectivity index (χ3n) is 6.41. The zero-order valence-electron chi connectivity index (χ0n) is 17.3. The number of aliphatic hydroxyl groups excluding tert-OH is 2. The van der Waals surface area contributed by atoms with E-state index >= 15 is 0 Å². The van der Waals surface area contributed by atoms with Crippen molar-refractivity contribution in [2.75, 3.05) is 0 Å². The Morgan fingerprint density at radius 3 is 2.12 bits per heavy atom. The number of carboxylic acid groups (broad SMARTS) is 1. The molecule has 8 nitrogen and oxygen atoms in total. The number of aromatic carboxylic acids is 1. The lowest BCUT2D eigenvalue weighted by atomic mass is 9.74. The molecule has 5 N–H and O–H groups in total. The first-order valence-corrected chi connectivity index (χ1v) is 10.2. The van der Waals surface area contributed by atoms with Crippen molar-refractivity contribution in [1.29, 1.82) is 0 Å². The molecule has 0 spiro atoms. The van der Waals surface area contributed by atoms with Crippen LogP contribution in [0.1, 0.15) is 78.0 Å². The summed E-state index contributed by atoms with van der Waals surface area (Å²) in [5.74, 6) is -3.98. The average molecular weight is 446 g/mol. The summed E-state index contributed by atoms with van der Waals surface area (Å²) in [6, 6.07) is 8.36. The van der Waals surface area contributed by atoms with E-state index in [9.17, 15) is 39.9 Å². The summed E-state index contributed by atoms with van der Waals surface area (Å²) >= 11 is 0. The van der Waals surface area contributed by atoms with Gasteiger partial charge in [0.25, 0.3) is 0 Å². The number of hydrogen-bond donors (Lipinski definition) is 5. The van der Waals surface area contributed by atoms with Crippen molar-refractivity contribution in [3.05, 3.63) is 80.9 Å². The SMILES string of the molecule is CCc1ccc2c(c1)C(=O)c1cc3c(c(O)c1C2=O)-c1c(ccc(C(=O)O)c1O)[C@@H](O)[C@H]3O. The Kier molecular flexibility index (Phi) is 4.42. The third kappa shape index (κ3) is 2.68. The van der Waals surface area contributed by atoms with Crippen molar-refractivity contribution in [2.24, 2.45) is 0 Å². The molecule has 2 aliphatic carbocycles. The van der Waals surface area contributed by atoms with Crippen molar-refractivity contribution < 1.29 is 39.9 Å². The van der Waals surface area contributed by atoms with Crippen molar-refractivity contribution >= 4 is 17.5 Å². The maximum absolute atomic E-state index is 13.3. The van der Waals surface area contributed by atoms with E-state index in [1.54, 1.807) is 12.1 Å². The van der Waals surface area contributed by atoms with Gasteiger partial charge in [0.1, 0.15) is 29.3 Å². The van der Waals surface area contributed by atoms with E-state index in [0.717, 1.165) is 11.6 Å². The van der Waals surface area contributed by atoms with E-state index < -0.39 is 46.8 Å². The van der Waals surface area contributed by atoms with Gasteiger partial charge in [0.05, 0.1) is 5.56 Å². The van der Waals surface area contributed by atoms with Crippen molar-refractivity contribution in [2.45, 2.75) is 25.6 Å². The minimum atomic E-state index is -1.59. The van der Waals surface area contributed by atoms with Crippen LogP contribution >= 0.6 is 0 Å². The molecule has 3 aromatic rings. The van der Waals surface area contributed by atoms with Gasteiger partial charge < -0.3 is 25.5 Å². The van der Waals surface area contributed by atoms with E-state index in [1.807, 2.05) is 6.92 Å². The van der Waals surface area contributed by atoms with Crippen LogP contribution in [0, 0.1) is 0 Å². The molecular weight excluding hydrogens is 428 g/mol. The molecule has 0 heterocycles. The van der Waals surface area contributed by atoms with Crippen LogP contribution in [0.15, 0.2) is 36.4 Å². The Balaban J connectivity index is 1.85. The minimum Gasteiger partial charge on any atom is -0.506 e. The van der Waals surface area contributed by atoms with E-state index in [2.05, 4.69) is 0 Å². The maximum atomic E-state index is 13.3. The number of fused-ring (bicyclic) bond motifs is 5. The Labute approximate surface area is 187 Å². The van der Waals surface area contributed by atoms with Gasteiger partial charge in [-0.1, -0.05) is 25.1 Å². The summed E-state index contributed by atoms with van der Waals surface area (Å²) in [7, 11) is 0. The van der Waals surface area contributed by atoms with Gasteiger partial charge in [0.15, 0.2) is 11.6 Å². The predicted octanol–water partition coefficient (Wildman–Crippen LogP) is 2.88. The molecule has 0 radical (unpaired) electrons. The Morgan fingerprint density at radius 2 is 1.45 bits per heavy atom. The smallest absolute Gasteiger partial charge is 0.339 e. The minimum absolute atomic E-state index is 0.0182. The highest BCUT2D eigenvalue weighted by Gasteiger charge is 2.41. The zero-order chi connectivity index (χ0) is 23.8. The summed E-state index contributed by atoms with van der Waals surface area (Å²) in [6.07, 6.45) is -2.51. The standard InChI is InChI=1S/C25H18O8/c1-2-9-3-4-10-13(7-9)19(26)15-8-14-17(24(31)18(15)20(10)27)16-11(22(29)23(14)30)5-6-12(21(16)28)25(32)33/h3-8,22-23,28-31H,2H2,1H3,(H,32,33)/t22-,23+/m1/s1. The normalized spacial score (nSPS) is 18.3. The van der Waals surface area contributed by atoms with Gasteiger partial charge in [-0.3, -0.25) is 9.59 Å². The molecule has 5 rings (SSSR count). The lowest BCUT2D eigenvalue weighted by Crippen LogP contribution is -2.25. The highest BCUT2D eigenvalue weighted by molar-refractivity contribution is 6.30. The summed E-state index contributed by atoms with van der Waals surface area (Å²) in [6.45, 7) is 1.90. The molecule has 2 aliphatic rings. The van der Waals surface area contributed by atoms with Gasteiger partial charge in [0, 0.05) is 27.8 Å². The molecule has 0 saturated heterocycles. The van der Waals surface area contributed by atoms with Crippen molar-refractivity contribution in [3.63, 3.8) is 0 Å². The number of rotatable bonds is 2. The fraction of sp³-hybridized carbons (Fsp3) is 0.160. The van der Waals surface area contributed by atoms with E-state index in [1.165, 1.54) is 18.2 Å². The molecule has 8 heteroatoms. The Bertz CT molecular complexity index is 1420. The second kappa shape index (κ2) is 6.99. The summed E-state index contributed by atoms with van der Waals surface area (Å²) < 4.78 is 0. The maximum Gasteiger partial charge on any atom is 0.339 e. The topological polar surface area (TPSA) is 152 Å². The molecule has 33 heavy (non-hydrogen) atoms. The van der Waals surface area contributed by atoms with Crippen LogP contribution in [0.2, 0.25) is 0 Å². The van der Waals surface area contributed by atoms with Gasteiger partial charge in [-0.05, 0) is 41.3 Å². The van der Waals surface area contributed by atoms with E-state index in [-0.39, 0.29) is 44.5 Å². The predicted molar refractivity (Wildman–Crippen MR) is 115 cm³/mol. The Hall–Kier alpha value is -4.01. The molecule has 0 amide bonds. The van der Waals surface area contributed by atoms with Crippen LogP contribution in [-0.4, -0.2) is 43.1 Å². The number of phenolic OH excluding ortho intramolecular Hbond substituents is 1. The summed E-state index contributed by atoms with van der Waals surface area (Å²) in [5.41, 5.74) is -0.321.